The van der Waals surface area contributed by atoms with E-state index in [4.69, 9.17) is 8.83 Å². The van der Waals surface area contributed by atoms with E-state index < -0.39 is 0 Å². The van der Waals surface area contributed by atoms with Crippen molar-refractivity contribution in [1.29, 1.82) is 0 Å². The molecule has 0 amide bonds. The topological polar surface area (TPSA) is 32.8 Å². The lowest BCUT2D eigenvalue weighted by Gasteiger charge is -2.31. The molecule has 0 unspecified atom stereocenters. The summed E-state index contributed by atoms with van der Waals surface area (Å²) in [5.74, 6) is 0. The Morgan fingerprint density at radius 2 is 0.948 bits per heavy atom. The maximum absolute atomic E-state index is 6.67. The zero-order chi connectivity index (χ0) is 39.1. The number of aryl methyl sites for hydroxylation is 3. The molecule has 1 aliphatic carbocycles. The van der Waals surface area contributed by atoms with Gasteiger partial charge in [-0.25, -0.2) is 0 Å². The van der Waals surface area contributed by atoms with Gasteiger partial charge in [0.1, 0.15) is 22.3 Å². The molecule has 4 nitrogen and oxygen atoms in total. The van der Waals surface area contributed by atoms with E-state index in [1.165, 1.54) is 39.0 Å². The van der Waals surface area contributed by atoms with Crippen molar-refractivity contribution in [2.75, 3.05) is 9.80 Å². The summed E-state index contributed by atoms with van der Waals surface area (Å²) < 4.78 is 13.3. The van der Waals surface area contributed by atoms with Crippen molar-refractivity contribution in [2.24, 2.45) is 0 Å². The minimum Gasteiger partial charge on any atom is -0.456 e. The first kappa shape index (κ1) is 34.2. The molecule has 0 bridgehead atoms. The highest BCUT2D eigenvalue weighted by molar-refractivity contribution is 6.18. The third-order valence-electron chi connectivity index (χ3n) is 12.0. The van der Waals surface area contributed by atoms with E-state index in [1.807, 2.05) is 0 Å². The molecular formula is C54H42N2O2. The quantitative estimate of drug-likeness (QED) is 0.169. The summed E-state index contributed by atoms with van der Waals surface area (Å²) in [4.78, 5) is 4.78. The standard InChI is InChI=1S/C54H42N2O2/c1-33-11-9-15-41(23-33)55(49-17-7-5-13-35(49)3)43-21-19-37-27-45-47-31-54-48(32-53(47)57-51(45)29-39(37)25-43)46-28-38-20-22-44(26-40(38)30-52(46)58-54)56(42-16-10-12-34(2)24-42)50-18-8-6-14-36(50)4/h5-9,11-15,17-32H,10,16H2,1-4H3. The number of rotatable bonds is 6. The SMILES string of the molecule is CC1=CCCC(N(c2ccc3cc4c(cc3c2)oc2cc3c(cc24)oc2cc4cc(N(c5cccc(C)c5)c5ccccc5C)ccc4cc23)c2ccccc2C)=C1. The first-order valence-corrected chi connectivity index (χ1v) is 20.2. The van der Waals surface area contributed by atoms with Gasteiger partial charge in [-0.15, -0.1) is 0 Å². The molecule has 0 saturated heterocycles. The minimum absolute atomic E-state index is 0.858. The average molecular weight is 751 g/mol. The first-order chi connectivity index (χ1) is 28.3. The number of furan rings is 2. The van der Waals surface area contributed by atoms with Gasteiger partial charge in [-0.3, -0.25) is 0 Å². The van der Waals surface area contributed by atoms with Crippen LogP contribution in [0.1, 0.15) is 36.5 Å². The van der Waals surface area contributed by atoms with Crippen LogP contribution in [0.5, 0.6) is 0 Å². The number of benzene rings is 8. The van der Waals surface area contributed by atoms with Gasteiger partial charge >= 0.3 is 0 Å². The Morgan fingerprint density at radius 1 is 0.431 bits per heavy atom. The number of allylic oxidation sites excluding steroid dienone is 4. The van der Waals surface area contributed by atoms with Gasteiger partial charge in [-0.2, -0.15) is 0 Å². The molecule has 1 aliphatic rings. The van der Waals surface area contributed by atoms with Gasteiger partial charge in [0.25, 0.3) is 0 Å². The number of fused-ring (bicyclic) bond motifs is 8. The molecule has 0 spiro atoms. The van der Waals surface area contributed by atoms with Crippen molar-refractivity contribution in [3.8, 4) is 0 Å². The van der Waals surface area contributed by atoms with E-state index in [2.05, 4.69) is 195 Å². The Hall–Kier alpha value is -7.04. The van der Waals surface area contributed by atoms with Crippen molar-refractivity contribution < 1.29 is 8.83 Å². The molecule has 0 radical (unpaired) electrons. The molecule has 280 valence electrons. The Balaban J connectivity index is 1.01. The number of nitrogens with zero attached hydrogens (tertiary/aromatic N) is 2. The predicted molar refractivity (Wildman–Crippen MR) is 245 cm³/mol. The maximum atomic E-state index is 6.67. The highest BCUT2D eigenvalue weighted by Gasteiger charge is 2.21. The first-order valence-electron chi connectivity index (χ1n) is 20.2. The average Bonchev–Trinajstić information content (AvgIpc) is 3.75. The zero-order valence-electron chi connectivity index (χ0n) is 33.1. The smallest absolute Gasteiger partial charge is 0.136 e. The molecule has 4 heteroatoms. The van der Waals surface area contributed by atoms with Gasteiger partial charge in [0.15, 0.2) is 0 Å². The summed E-state index contributed by atoms with van der Waals surface area (Å²) in [5.41, 5.74) is 15.5. The van der Waals surface area contributed by atoms with Crippen molar-refractivity contribution in [2.45, 2.75) is 40.5 Å². The molecule has 0 atom stereocenters. The van der Waals surface area contributed by atoms with Crippen LogP contribution in [0, 0.1) is 20.8 Å². The molecule has 8 aromatic carbocycles. The summed E-state index contributed by atoms with van der Waals surface area (Å²) in [5, 5.41) is 8.90. The molecule has 0 N–H and O–H groups in total. The monoisotopic (exact) mass is 750 g/mol. The molecule has 2 aromatic heterocycles. The van der Waals surface area contributed by atoms with Crippen LogP contribution in [0.25, 0.3) is 65.4 Å². The third-order valence-corrected chi connectivity index (χ3v) is 12.0. The van der Waals surface area contributed by atoms with Gasteiger partial charge in [0.05, 0.1) is 0 Å². The molecule has 0 fully saturated rings. The molecule has 2 heterocycles. The van der Waals surface area contributed by atoms with Crippen LogP contribution in [0.15, 0.2) is 178 Å². The fraction of sp³-hybridized carbons (Fsp3) is 0.111. The van der Waals surface area contributed by atoms with E-state index in [0.29, 0.717) is 0 Å². The van der Waals surface area contributed by atoms with Crippen molar-refractivity contribution in [3.63, 3.8) is 0 Å². The van der Waals surface area contributed by atoms with Gasteiger partial charge in [0, 0.05) is 55.7 Å². The second kappa shape index (κ2) is 13.3. The van der Waals surface area contributed by atoms with Crippen LogP contribution in [0.3, 0.4) is 0 Å². The van der Waals surface area contributed by atoms with E-state index in [9.17, 15) is 0 Å². The van der Waals surface area contributed by atoms with Crippen LogP contribution in [-0.2, 0) is 0 Å². The van der Waals surface area contributed by atoms with Crippen LogP contribution in [-0.4, -0.2) is 0 Å². The Kier molecular flexibility index (Phi) is 7.84. The lowest BCUT2D eigenvalue weighted by atomic mass is 10.0. The number of anilines is 5. The van der Waals surface area contributed by atoms with E-state index in [-0.39, 0.29) is 0 Å². The van der Waals surface area contributed by atoms with Crippen LogP contribution in [0.4, 0.5) is 28.4 Å². The van der Waals surface area contributed by atoms with Crippen molar-refractivity contribution >= 4 is 93.9 Å². The normalized spacial score (nSPS) is 13.2. The Bertz CT molecular complexity index is 3360. The summed E-state index contributed by atoms with van der Waals surface area (Å²) >= 11 is 0. The van der Waals surface area contributed by atoms with Crippen molar-refractivity contribution in [1.82, 2.24) is 0 Å². The summed E-state index contributed by atoms with van der Waals surface area (Å²) in [6.45, 7) is 8.70. The minimum atomic E-state index is 0.858. The lowest BCUT2D eigenvalue weighted by Crippen LogP contribution is -2.18. The second-order valence-electron chi connectivity index (χ2n) is 16.0. The van der Waals surface area contributed by atoms with Gasteiger partial charge in [0.2, 0.25) is 0 Å². The Morgan fingerprint density at radius 3 is 1.52 bits per heavy atom. The van der Waals surface area contributed by atoms with E-state index in [0.717, 1.165) is 95.6 Å². The Labute approximate surface area is 337 Å². The largest absolute Gasteiger partial charge is 0.456 e. The zero-order valence-corrected chi connectivity index (χ0v) is 33.1. The molecule has 0 aliphatic heterocycles. The molecule has 11 rings (SSSR count). The molecule has 58 heavy (non-hydrogen) atoms. The number of para-hydroxylation sites is 2. The van der Waals surface area contributed by atoms with Gasteiger partial charge < -0.3 is 18.6 Å². The molecular weight excluding hydrogens is 709 g/mol. The van der Waals surface area contributed by atoms with E-state index >= 15 is 0 Å². The van der Waals surface area contributed by atoms with Gasteiger partial charge in [-0.05, 0) is 170 Å². The van der Waals surface area contributed by atoms with Crippen LogP contribution >= 0.6 is 0 Å². The number of hydrogen-bond acceptors (Lipinski definition) is 4. The summed E-state index contributed by atoms with van der Waals surface area (Å²) in [6, 6.07) is 52.7. The van der Waals surface area contributed by atoms with E-state index in [1.54, 1.807) is 0 Å². The lowest BCUT2D eigenvalue weighted by molar-refractivity contribution is 0.664. The fourth-order valence-corrected chi connectivity index (χ4v) is 9.08. The highest BCUT2D eigenvalue weighted by atomic mass is 16.3. The van der Waals surface area contributed by atoms with Gasteiger partial charge in [-0.1, -0.05) is 72.3 Å². The third kappa shape index (κ3) is 5.67. The summed E-state index contributed by atoms with van der Waals surface area (Å²) in [7, 11) is 0. The van der Waals surface area contributed by atoms with Crippen LogP contribution < -0.4 is 9.80 Å². The molecule has 0 saturated carbocycles. The molecule has 10 aromatic rings. The predicted octanol–water partition coefficient (Wildman–Crippen LogP) is 15.9. The second-order valence-corrected chi connectivity index (χ2v) is 16.0. The van der Waals surface area contributed by atoms with Crippen LogP contribution in [0.2, 0.25) is 0 Å². The highest BCUT2D eigenvalue weighted by Crippen LogP contribution is 2.43. The number of hydrogen-bond donors (Lipinski definition) is 0. The summed E-state index contributed by atoms with van der Waals surface area (Å²) in [6.07, 6.45) is 6.70. The fourth-order valence-electron chi connectivity index (χ4n) is 9.08. The maximum Gasteiger partial charge on any atom is 0.136 e. The van der Waals surface area contributed by atoms with Crippen molar-refractivity contribution in [3.05, 3.63) is 186 Å².